The zero-order valence-electron chi connectivity index (χ0n) is 12.8. The van der Waals surface area contributed by atoms with E-state index in [9.17, 15) is 9.59 Å². The van der Waals surface area contributed by atoms with Gasteiger partial charge in [-0.05, 0) is 26.0 Å². The summed E-state index contributed by atoms with van der Waals surface area (Å²) in [6, 6.07) is 4.90. The molecule has 0 bridgehead atoms. The van der Waals surface area contributed by atoms with Crippen molar-refractivity contribution in [3.63, 3.8) is 0 Å². The second kappa shape index (κ2) is 5.27. The van der Waals surface area contributed by atoms with Crippen LogP contribution >= 0.6 is 0 Å². The largest absolute Gasteiger partial charge is 0.496 e. The van der Waals surface area contributed by atoms with Crippen molar-refractivity contribution < 1.29 is 14.3 Å². The second-order valence-corrected chi connectivity index (χ2v) is 5.70. The lowest BCUT2D eigenvalue weighted by molar-refractivity contribution is -0.144. The van der Waals surface area contributed by atoms with E-state index in [4.69, 9.17) is 10.5 Å². The molecule has 114 valence electrons. The van der Waals surface area contributed by atoms with Crippen LogP contribution in [-0.4, -0.2) is 54.4 Å². The average Bonchev–Trinajstić information content (AvgIpc) is 2.44. The minimum atomic E-state index is -0.878. The molecule has 2 N–H and O–H groups in total. The maximum atomic E-state index is 12.8. The molecular formula is C15H21N3O3. The number of anilines is 1. The fourth-order valence-electron chi connectivity index (χ4n) is 2.60. The molecule has 0 unspecified atom stereocenters. The van der Waals surface area contributed by atoms with Crippen LogP contribution in [0.5, 0.6) is 5.75 Å². The summed E-state index contributed by atoms with van der Waals surface area (Å²) >= 11 is 0. The first-order valence-corrected chi connectivity index (χ1v) is 6.80. The van der Waals surface area contributed by atoms with Gasteiger partial charge in [0.05, 0.1) is 12.7 Å². The highest BCUT2D eigenvalue weighted by Crippen LogP contribution is 2.28. The van der Waals surface area contributed by atoms with Crippen molar-refractivity contribution in [3.05, 3.63) is 23.8 Å². The van der Waals surface area contributed by atoms with Crippen molar-refractivity contribution in [2.24, 2.45) is 0 Å². The van der Waals surface area contributed by atoms with Crippen molar-refractivity contribution in [1.82, 2.24) is 9.80 Å². The van der Waals surface area contributed by atoms with Gasteiger partial charge in [0.1, 0.15) is 11.3 Å². The molecule has 0 saturated carbocycles. The molecule has 0 spiro atoms. The minimum Gasteiger partial charge on any atom is -0.496 e. The number of methoxy groups -OCH3 is 1. The number of likely N-dealkylation sites (N-methyl/N-ethyl adjacent to an activating group) is 1. The smallest absolute Gasteiger partial charge is 0.258 e. The highest BCUT2D eigenvalue weighted by Gasteiger charge is 2.43. The van der Waals surface area contributed by atoms with Crippen molar-refractivity contribution in [2.45, 2.75) is 19.4 Å². The molecule has 1 heterocycles. The standard InChI is InChI=1S/C15H21N3O3/c1-15(2)14(20)17(3)7-8-18(15)13(19)11-6-5-10(16)9-12(11)21-4/h5-6,9H,7-8,16H2,1-4H3. The first-order valence-electron chi connectivity index (χ1n) is 6.80. The number of carbonyl (C=O) groups is 2. The third kappa shape index (κ3) is 2.53. The quantitative estimate of drug-likeness (QED) is 0.824. The fourth-order valence-corrected chi connectivity index (χ4v) is 2.60. The molecule has 1 aromatic rings. The number of hydrogen-bond acceptors (Lipinski definition) is 4. The molecule has 1 fully saturated rings. The van der Waals surface area contributed by atoms with Crippen molar-refractivity contribution in [1.29, 1.82) is 0 Å². The maximum Gasteiger partial charge on any atom is 0.258 e. The highest BCUT2D eigenvalue weighted by molar-refractivity contribution is 6.01. The number of nitrogens with zero attached hydrogens (tertiary/aromatic N) is 2. The molecule has 0 radical (unpaired) electrons. The Morgan fingerprint density at radius 2 is 2.00 bits per heavy atom. The predicted octanol–water partition coefficient (Wildman–Crippen LogP) is 0.970. The molecule has 1 aliphatic rings. The topological polar surface area (TPSA) is 75.9 Å². The van der Waals surface area contributed by atoms with Crippen LogP contribution in [0.15, 0.2) is 18.2 Å². The van der Waals surface area contributed by atoms with Crippen LogP contribution in [0.25, 0.3) is 0 Å². The van der Waals surface area contributed by atoms with Crippen LogP contribution in [0.2, 0.25) is 0 Å². The summed E-state index contributed by atoms with van der Waals surface area (Å²) in [6.45, 7) is 4.52. The first kappa shape index (κ1) is 15.2. The van der Waals surface area contributed by atoms with Gasteiger partial charge in [-0.25, -0.2) is 0 Å². The van der Waals surface area contributed by atoms with E-state index in [0.717, 1.165) is 0 Å². The second-order valence-electron chi connectivity index (χ2n) is 5.70. The lowest BCUT2D eigenvalue weighted by Gasteiger charge is -2.44. The number of nitrogen functional groups attached to an aromatic ring is 1. The number of nitrogens with two attached hydrogens (primary N) is 1. The third-order valence-corrected chi connectivity index (χ3v) is 3.91. The Balaban J connectivity index is 2.38. The number of benzene rings is 1. The molecule has 6 heteroatoms. The van der Waals surface area contributed by atoms with Gasteiger partial charge in [0.2, 0.25) is 5.91 Å². The first-order chi connectivity index (χ1) is 9.78. The normalized spacial score (nSPS) is 17.8. The van der Waals surface area contributed by atoms with Crippen LogP contribution in [0, 0.1) is 0 Å². The summed E-state index contributed by atoms with van der Waals surface area (Å²) in [5.41, 5.74) is 5.77. The molecule has 21 heavy (non-hydrogen) atoms. The van der Waals surface area contributed by atoms with E-state index >= 15 is 0 Å². The lowest BCUT2D eigenvalue weighted by Crippen LogP contribution is -2.63. The zero-order valence-corrected chi connectivity index (χ0v) is 12.8. The number of amides is 2. The molecule has 2 amide bonds. The average molecular weight is 291 g/mol. The molecule has 1 aromatic carbocycles. The van der Waals surface area contributed by atoms with E-state index in [1.165, 1.54) is 7.11 Å². The molecule has 6 nitrogen and oxygen atoms in total. The molecule has 1 saturated heterocycles. The number of rotatable bonds is 2. The Labute approximate surface area is 124 Å². The molecule has 0 aliphatic carbocycles. The molecule has 0 aromatic heterocycles. The van der Waals surface area contributed by atoms with Gasteiger partial charge >= 0.3 is 0 Å². The number of carbonyl (C=O) groups excluding carboxylic acids is 2. The number of piperazine rings is 1. The van der Waals surface area contributed by atoms with Crippen LogP contribution in [0.1, 0.15) is 24.2 Å². The molecule has 2 rings (SSSR count). The predicted molar refractivity (Wildman–Crippen MR) is 80.2 cm³/mol. The van der Waals surface area contributed by atoms with Gasteiger partial charge in [-0.15, -0.1) is 0 Å². The Bertz CT molecular complexity index is 584. The summed E-state index contributed by atoms with van der Waals surface area (Å²) < 4.78 is 5.23. The minimum absolute atomic E-state index is 0.0727. The van der Waals surface area contributed by atoms with E-state index < -0.39 is 5.54 Å². The highest BCUT2D eigenvalue weighted by atomic mass is 16.5. The van der Waals surface area contributed by atoms with Gasteiger partial charge in [0.25, 0.3) is 5.91 Å². The van der Waals surface area contributed by atoms with Gasteiger partial charge < -0.3 is 20.3 Å². The van der Waals surface area contributed by atoms with Crippen LogP contribution in [0.3, 0.4) is 0 Å². The lowest BCUT2D eigenvalue weighted by atomic mass is 9.96. The van der Waals surface area contributed by atoms with Crippen LogP contribution in [0.4, 0.5) is 5.69 Å². The van der Waals surface area contributed by atoms with E-state index in [1.54, 1.807) is 48.9 Å². The Hall–Kier alpha value is -2.24. The van der Waals surface area contributed by atoms with Gasteiger partial charge in [-0.2, -0.15) is 0 Å². The summed E-state index contributed by atoms with van der Waals surface area (Å²) in [5.74, 6) is 0.122. The summed E-state index contributed by atoms with van der Waals surface area (Å²) in [7, 11) is 3.24. The Morgan fingerprint density at radius 1 is 1.33 bits per heavy atom. The molecule has 0 atom stereocenters. The van der Waals surface area contributed by atoms with E-state index in [1.807, 2.05) is 0 Å². The Kier molecular flexibility index (Phi) is 3.80. The van der Waals surface area contributed by atoms with Crippen LogP contribution < -0.4 is 10.5 Å². The maximum absolute atomic E-state index is 12.8. The zero-order chi connectivity index (χ0) is 15.8. The summed E-state index contributed by atoms with van der Waals surface area (Å²) in [4.78, 5) is 28.3. The number of ether oxygens (including phenoxy) is 1. The number of hydrogen-bond donors (Lipinski definition) is 1. The van der Waals surface area contributed by atoms with E-state index in [-0.39, 0.29) is 11.8 Å². The third-order valence-electron chi connectivity index (χ3n) is 3.91. The SMILES string of the molecule is COc1cc(N)ccc1C(=O)N1CCN(C)C(=O)C1(C)C. The van der Waals surface area contributed by atoms with Gasteiger partial charge in [0, 0.05) is 31.9 Å². The van der Waals surface area contributed by atoms with E-state index in [2.05, 4.69) is 0 Å². The van der Waals surface area contributed by atoms with Crippen molar-refractivity contribution in [2.75, 3.05) is 33.0 Å². The van der Waals surface area contributed by atoms with Crippen molar-refractivity contribution >= 4 is 17.5 Å². The van der Waals surface area contributed by atoms with Gasteiger partial charge in [-0.1, -0.05) is 0 Å². The summed E-state index contributed by atoms with van der Waals surface area (Å²) in [5, 5.41) is 0. The fraction of sp³-hybridized carbons (Fsp3) is 0.467. The van der Waals surface area contributed by atoms with Gasteiger partial charge in [0.15, 0.2) is 0 Å². The van der Waals surface area contributed by atoms with E-state index in [0.29, 0.717) is 30.1 Å². The van der Waals surface area contributed by atoms with Gasteiger partial charge in [-0.3, -0.25) is 9.59 Å². The molecular weight excluding hydrogens is 270 g/mol. The molecule has 1 aliphatic heterocycles. The van der Waals surface area contributed by atoms with Crippen molar-refractivity contribution in [3.8, 4) is 5.75 Å². The summed E-state index contributed by atoms with van der Waals surface area (Å²) in [6.07, 6.45) is 0. The monoisotopic (exact) mass is 291 g/mol. The Morgan fingerprint density at radius 3 is 2.62 bits per heavy atom. The van der Waals surface area contributed by atoms with Crippen LogP contribution in [-0.2, 0) is 4.79 Å².